The van der Waals surface area contributed by atoms with Crippen LogP contribution in [0.5, 0.6) is 0 Å². The van der Waals surface area contributed by atoms with Crippen LogP contribution in [0.15, 0.2) is 30.3 Å². The lowest BCUT2D eigenvalue weighted by atomic mass is 10.1. The average Bonchev–Trinajstić information content (AvgIpc) is 2.74. The minimum absolute atomic E-state index is 0.0339. The van der Waals surface area contributed by atoms with Crippen LogP contribution in [0.3, 0.4) is 0 Å². The van der Waals surface area contributed by atoms with Gasteiger partial charge in [0, 0.05) is 25.9 Å². The first-order valence-corrected chi connectivity index (χ1v) is 10.5. The molecule has 1 aliphatic heterocycles. The predicted molar refractivity (Wildman–Crippen MR) is 116 cm³/mol. The van der Waals surface area contributed by atoms with Crippen LogP contribution in [0.25, 0.3) is 0 Å². The van der Waals surface area contributed by atoms with E-state index >= 15 is 0 Å². The molecule has 1 atom stereocenters. The zero-order chi connectivity index (χ0) is 22.6. The Labute approximate surface area is 186 Å². The number of amides is 2. The second-order valence-electron chi connectivity index (χ2n) is 6.82. The maximum absolute atomic E-state index is 12.2. The molecule has 9 nitrogen and oxygen atoms in total. The van der Waals surface area contributed by atoms with Crippen molar-refractivity contribution in [2.75, 3.05) is 26.3 Å². The Morgan fingerprint density at radius 3 is 2.61 bits per heavy atom. The Morgan fingerprint density at radius 2 is 1.90 bits per heavy atom. The van der Waals surface area contributed by atoms with Crippen LogP contribution in [-0.2, 0) is 35.1 Å². The first-order valence-electron chi connectivity index (χ1n) is 10.1. The molecular formula is C21H27N3O6S. The topological polar surface area (TPSA) is 114 Å². The van der Waals surface area contributed by atoms with Gasteiger partial charge in [-0.3, -0.25) is 19.2 Å². The Kier molecular flexibility index (Phi) is 9.89. The van der Waals surface area contributed by atoms with Gasteiger partial charge in [0.15, 0.2) is 5.11 Å². The molecule has 10 heteroatoms. The van der Waals surface area contributed by atoms with Crippen molar-refractivity contribution < 1.29 is 28.7 Å². The van der Waals surface area contributed by atoms with Gasteiger partial charge in [-0.2, -0.15) is 0 Å². The second-order valence-corrected chi connectivity index (χ2v) is 7.21. The molecule has 1 aliphatic rings. The summed E-state index contributed by atoms with van der Waals surface area (Å²) < 4.78 is 10.0. The van der Waals surface area contributed by atoms with Gasteiger partial charge in [-0.05, 0) is 24.7 Å². The van der Waals surface area contributed by atoms with E-state index in [2.05, 4.69) is 10.6 Å². The Hall–Kier alpha value is -3.01. The number of carbonyl (C=O) groups excluding carboxylic acids is 4. The van der Waals surface area contributed by atoms with Crippen molar-refractivity contribution in [3.8, 4) is 0 Å². The normalized spacial score (nSPS) is 15.6. The van der Waals surface area contributed by atoms with Gasteiger partial charge in [0.1, 0.15) is 6.04 Å². The number of esters is 2. The van der Waals surface area contributed by atoms with Crippen LogP contribution in [0, 0.1) is 0 Å². The van der Waals surface area contributed by atoms with E-state index in [1.165, 1.54) is 4.90 Å². The third-order valence-electron chi connectivity index (χ3n) is 4.56. The van der Waals surface area contributed by atoms with Gasteiger partial charge in [-0.15, -0.1) is 0 Å². The smallest absolute Gasteiger partial charge is 0.308 e. The highest BCUT2D eigenvalue weighted by Crippen LogP contribution is 2.11. The molecule has 0 radical (unpaired) electrons. The van der Waals surface area contributed by atoms with Crippen molar-refractivity contribution in [1.82, 2.24) is 15.5 Å². The number of carbonyl (C=O) groups is 4. The van der Waals surface area contributed by atoms with Crippen molar-refractivity contribution in [2.24, 2.45) is 0 Å². The molecule has 0 aliphatic carbocycles. The Morgan fingerprint density at radius 1 is 1.16 bits per heavy atom. The summed E-state index contributed by atoms with van der Waals surface area (Å²) in [6.45, 7) is 2.80. The lowest BCUT2D eigenvalue weighted by Gasteiger charge is -2.36. The highest BCUT2D eigenvalue weighted by atomic mass is 32.1. The zero-order valence-electron chi connectivity index (χ0n) is 17.4. The first-order chi connectivity index (χ1) is 14.9. The van der Waals surface area contributed by atoms with Gasteiger partial charge < -0.3 is 25.0 Å². The molecule has 2 rings (SSSR count). The molecule has 168 valence electrons. The largest absolute Gasteiger partial charge is 0.466 e. The summed E-state index contributed by atoms with van der Waals surface area (Å²) in [5.74, 6) is -1.83. The first kappa shape index (κ1) is 24.3. The fraction of sp³-hybridized carbons (Fsp3) is 0.476. The number of hydrogen-bond donors (Lipinski definition) is 2. The van der Waals surface area contributed by atoms with Crippen LogP contribution in [0.1, 0.15) is 31.7 Å². The van der Waals surface area contributed by atoms with Gasteiger partial charge in [0.2, 0.25) is 11.8 Å². The molecule has 1 fully saturated rings. The van der Waals surface area contributed by atoms with E-state index in [4.69, 9.17) is 21.7 Å². The van der Waals surface area contributed by atoms with Crippen molar-refractivity contribution in [1.29, 1.82) is 0 Å². The van der Waals surface area contributed by atoms with Gasteiger partial charge in [0.25, 0.3) is 0 Å². The van der Waals surface area contributed by atoms with E-state index in [1.54, 1.807) is 6.92 Å². The van der Waals surface area contributed by atoms with E-state index in [0.29, 0.717) is 19.5 Å². The van der Waals surface area contributed by atoms with E-state index in [0.717, 1.165) is 5.56 Å². The molecule has 1 heterocycles. The molecule has 0 aromatic heterocycles. The summed E-state index contributed by atoms with van der Waals surface area (Å²) in [5, 5.41) is 5.22. The Bertz CT molecular complexity index is 802. The molecule has 0 bridgehead atoms. The molecule has 1 aromatic carbocycles. The standard InChI is InChI=1S/C21H27N3O6S/c1-2-29-19(27)14-16-20(28)22-11-12-24(16)21(31)23-17(25)8-9-18(26)30-13-10-15-6-4-3-5-7-15/h3-7,16H,2,8-14H2,1H3,(H,22,28)(H,23,25,31). The molecule has 0 spiro atoms. The average molecular weight is 450 g/mol. The summed E-state index contributed by atoms with van der Waals surface area (Å²) >= 11 is 5.25. The lowest BCUT2D eigenvalue weighted by molar-refractivity contribution is -0.147. The molecular weight excluding hydrogens is 422 g/mol. The predicted octanol–water partition coefficient (Wildman–Crippen LogP) is 0.707. The summed E-state index contributed by atoms with van der Waals surface area (Å²) in [6, 6.07) is 8.76. The van der Waals surface area contributed by atoms with Gasteiger partial charge in [0.05, 0.1) is 26.1 Å². The minimum Gasteiger partial charge on any atom is -0.466 e. The third-order valence-corrected chi connectivity index (χ3v) is 4.89. The summed E-state index contributed by atoms with van der Waals surface area (Å²) in [5.41, 5.74) is 1.06. The van der Waals surface area contributed by atoms with Crippen LogP contribution >= 0.6 is 12.2 Å². The summed E-state index contributed by atoms with van der Waals surface area (Å²) in [7, 11) is 0. The number of rotatable bonds is 9. The number of nitrogens with zero attached hydrogens (tertiary/aromatic N) is 1. The fourth-order valence-electron chi connectivity index (χ4n) is 3.01. The van der Waals surface area contributed by atoms with Gasteiger partial charge in [-0.25, -0.2) is 0 Å². The minimum atomic E-state index is -0.858. The zero-order valence-corrected chi connectivity index (χ0v) is 18.2. The van der Waals surface area contributed by atoms with E-state index in [9.17, 15) is 19.2 Å². The van der Waals surface area contributed by atoms with Crippen molar-refractivity contribution >= 4 is 41.1 Å². The fourth-order valence-corrected chi connectivity index (χ4v) is 3.34. The molecule has 0 saturated carbocycles. The van der Waals surface area contributed by atoms with E-state index in [-0.39, 0.29) is 43.5 Å². The van der Waals surface area contributed by atoms with Crippen LogP contribution in [0.2, 0.25) is 0 Å². The number of benzene rings is 1. The summed E-state index contributed by atoms with van der Waals surface area (Å²) in [6.07, 6.45) is 0.230. The van der Waals surface area contributed by atoms with Gasteiger partial charge >= 0.3 is 11.9 Å². The number of ether oxygens (including phenoxy) is 2. The third kappa shape index (κ3) is 8.33. The number of piperazine rings is 1. The maximum atomic E-state index is 12.2. The molecule has 2 N–H and O–H groups in total. The SMILES string of the molecule is CCOC(=O)CC1C(=O)NCCN1C(=S)NC(=O)CCC(=O)OCCc1ccccc1. The number of thiocarbonyl (C=S) groups is 1. The monoisotopic (exact) mass is 449 g/mol. The highest BCUT2D eigenvalue weighted by molar-refractivity contribution is 7.80. The second kappa shape index (κ2) is 12.6. The number of hydrogen-bond acceptors (Lipinski definition) is 7. The van der Waals surface area contributed by atoms with E-state index in [1.807, 2.05) is 30.3 Å². The highest BCUT2D eigenvalue weighted by Gasteiger charge is 2.34. The van der Waals surface area contributed by atoms with Crippen LogP contribution in [0.4, 0.5) is 0 Å². The molecule has 2 amide bonds. The quantitative estimate of drug-likeness (QED) is 0.419. The lowest BCUT2D eigenvalue weighted by Crippen LogP contribution is -2.60. The summed E-state index contributed by atoms with van der Waals surface area (Å²) in [4.78, 5) is 49.5. The Balaban J connectivity index is 1.75. The van der Waals surface area contributed by atoms with Crippen molar-refractivity contribution in [2.45, 2.75) is 38.6 Å². The van der Waals surface area contributed by atoms with Crippen molar-refractivity contribution in [3.63, 3.8) is 0 Å². The molecule has 1 unspecified atom stereocenters. The van der Waals surface area contributed by atoms with Crippen molar-refractivity contribution in [3.05, 3.63) is 35.9 Å². The molecule has 1 saturated heterocycles. The van der Waals surface area contributed by atoms with Crippen LogP contribution in [-0.4, -0.2) is 66.1 Å². The van der Waals surface area contributed by atoms with Gasteiger partial charge in [-0.1, -0.05) is 30.3 Å². The molecule has 31 heavy (non-hydrogen) atoms. The maximum Gasteiger partial charge on any atom is 0.308 e. The van der Waals surface area contributed by atoms with Crippen LogP contribution < -0.4 is 10.6 Å². The van der Waals surface area contributed by atoms with E-state index < -0.39 is 23.9 Å². The number of nitrogens with one attached hydrogen (secondary N) is 2. The molecule has 1 aromatic rings.